The maximum absolute atomic E-state index is 14.6. The van der Waals surface area contributed by atoms with Gasteiger partial charge in [-0.25, -0.2) is 18.2 Å². The predicted molar refractivity (Wildman–Crippen MR) is 100 cm³/mol. The average Bonchev–Trinajstić information content (AvgIpc) is 2.65. The predicted octanol–water partition coefficient (Wildman–Crippen LogP) is 4.66. The number of rotatable bonds is 4. The van der Waals surface area contributed by atoms with Crippen molar-refractivity contribution in [1.82, 2.24) is 14.5 Å². The Balaban J connectivity index is 2.12. The van der Waals surface area contributed by atoms with Crippen molar-refractivity contribution in [2.45, 2.75) is 20.4 Å². The highest BCUT2D eigenvalue weighted by Gasteiger charge is 2.20. The number of halogens is 5. The molecule has 0 spiro atoms. The van der Waals surface area contributed by atoms with Crippen LogP contribution in [-0.2, 0) is 6.56 Å². The Labute approximate surface area is 173 Å². The van der Waals surface area contributed by atoms with Crippen LogP contribution < -0.4 is 10.3 Å². The van der Waals surface area contributed by atoms with Gasteiger partial charge in [0.1, 0.15) is 33.4 Å². The van der Waals surface area contributed by atoms with Crippen molar-refractivity contribution in [3.8, 4) is 11.4 Å². The lowest BCUT2D eigenvalue weighted by molar-refractivity contribution is 0.292. The van der Waals surface area contributed by atoms with E-state index in [1.54, 1.807) is 6.92 Å². The second kappa shape index (κ2) is 7.92. The van der Waals surface area contributed by atoms with E-state index < -0.39 is 46.0 Å². The van der Waals surface area contributed by atoms with Crippen molar-refractivity contribution in [2.75, 3.05) is 0 Å². The molecule has 10 heteroatoms. The van der Waals surface area contributed by atoms with E-state index in [1.807, 2.05) is 0 Å². The Kier molecular flexibility index (Phi) is 5.01. The Bertz CT molecular complexity index is 1220. The summed E-state index contributed by atoms with van der Waals surface area (Å²) in [6, 6.07) is 1.64. The van der Waals surface area contributed by atoms with Crippen molar-refractivity contribution < 1.29 is 20.6 Å². The summed E-state index contributed by atoms with van der Waals surface area (Å²) >= 11 is 9.03. The molecule has 0 aromatic carbocycles. The van der Waals surface area contributed by atoms with Crippen LogP contribution in [-0.4, -0.2) is 14.5 Å². The van der Waals surface area contributed by atoms with E-state index in [-0.39, 0.29) is 16.0 Å². The van der Waals surface area contributed by atoms with Crippen LogP contribution in [0, 0.1) is 31.3 Å². The second-order valence-corrected chi connectivity index (χ2v) is 6.82. The van der Waals surface area contributed by atoms with Gasteiger partial charge in [-0.05, 0) is 35.3 Å². The lowest BCUT2D eigenvalue weighted by Crippen LogP contribution is -2.24. The van der Waals surface area contributed by atoms with Gasteiger partial charge in [0, 0.05) is 24.0 Å². The Hall–Kier alpha value is -2.39. The summed E-state index contributed by atoms with van der Waals surface area (Å²) in [6.45, 7) is 0.112. The van der Waals surface area contributed by atoms with Gasteiger partial charge < -0.3 is 4.74 Å². The maximum atomic E-state index is 14.6. The van der Waals surface area contributed by atoms with Crippen LogP contribution in [0.15, 0.2) is 33.9 Å². The fourth-order valence-electron chi connectivity index (χ4n) is 2.44. The SMILES string of the molecule is [2H]C([2H])(Oc1cc(C)n(-c2c(C)cnc(Br)c2F)c(=O)c1Cl)c1ncc(F)cc1F. The fraction of sp³-hybridized carbons (Fsp3) is 0.167. The first kappa shape index (κ1) is 17.7. The minimum Gasteiger partial charge on any atom is -0.485 e. The van der Waals surface area contributed by atoms with Gasteiger partial charge in [0.15, 0.2) is 11.6 Å². The summed E-state index contributed by atoms with van der Waals surface area (Å²) in [6.07, 6.45) is 1.98. The van der Waals surface area contributed by atoms with E-state index in [4.69, 9.17) is 19.1 Å². The summed E-state index contributed by atoms with van der Waals surface area (Å²) in [5.74, 6) is -3.49. The van der Waals surface area contributed by atoms with Crippen molar-refractivity contribution >= 4 is 27.5 Å². The van der Waals surface area contributed by atoms with Crippen molar-refractivity contribution in [1.29, 1.82) is 0 Å². The smallest absolute Gasteiger partial charge is 0.278 e. The molecule has 3 aromatic heterocycles. The van der Waals surface area contributed by atoms with Gasteiger partial charge in [0.2, 0.25) is 0 Å². The third-order valence-corrected chi connectivity index (χ3v) is 4.62. The topological polar surface area (TPSA) is 57.0 Å². The first-order valence-corrected chi connectivity index (χ1v) is 8.84. The number of ether oxygens (including phenoxy) is 1. The van der Waals surface area contributed by atoms with Gasteiger partial charge in [-0.15, -0.1) is 0 Å². The molecule has 0 saturated heterocycles. The molecular weight excluding hydrogens is 463 g/mol. The molecule has 3 heterocycles. The lowest BCUT2D eigenvalue weighted by Gasteiger charge is -2.16. The molecule has 28 heavy (non-hydrogen) atoms. The summed E-state index contributed by atoms with van der Waals surface area (Å²) in [5.41, 5.74) is -1.32. The zero-order valence-corrected chi connectivity index (χ0v) is 16.7. The molecule has 0 aliphatic carbocycles. The van der Waals surface area contributed by atoms with Gasteiger partial charge >= 0.3 is 0 Å². The molecule has 0 fully saturated rings. The first-order valence-electron chi connectivity index (χ1n) is 8.67. The monoisotopic (exact) mass is 475 g/mol. The van der Waals surface area contributed by atoms with Gasteiger partial charge in [-0.1, -0.05) is 11.6 Å². The fourth-order valence-corrected chi connectivity index (χ4v) is 2.91. The molecule has 146 valence electrons. The largest absolute Gasteiger partial charge is 0.485 e. The molecule has 3 rings (SSSR count). The summed E-state index contributed by atoms with van der Waals surface area (Å²) < 4.78 is 63.5. The number of aryl methyl sites for hydroxylation is 2. The second-order valence-electron chi connectivity index (χ2n) is 5.69. The normalized spacial score (nSPS) is 12.5. The molecule has 0 atom stereocenters. The van der Waals surface area contributed by atoms with Crippen LogP contribution in [0.3, 0.4) is 0 Å². The number of hydrogen-bond acceptors (Lipinski definition) is 4. The van der Waals surface area contributed by atoms with Crippen LogP contribution in [0.25, 0.3) is 5.69 Å². The van der Waals surface area contributed by atoms with E-state index in [1.165, 1.54) is 19.2 Å². The quantitative estimate of drug-likeness (QED) is 0.514. The van der Waals surface area contributed by atoms with E-state index in [2.05, 4.69) is 25.9 Å². The lowest BCUT2D eigenvalue weighted by atomic mass is 10.2. The minimum absolute atomic E-state index is 0.0953. The summed E-state index contributed by atoms with van der Waals surface area (Å²) in [5, 5.41) is -0.571. The van der Waals surface area contributed by atoms with Gasteiger partial charge in [-0.2, -0.15) is 0 Å². The van der Waals surface area contributed by atoms with Gasteiger partial charge in [0.25, 0.3) is 5.56 Å². The van der Waals surface area contributed by atoms with E-state index in [0.717, 1.165) is 4.57 Å². The average molecular weight is 477 g/mol. The molecule has 0 aliphatic rings. The van der Waals surface area contributed by atoms with Crippen molar-refractivity contribution in [3.63, 3.8) is 0 Å². The first-order chi connectivity index (χ1) is 13.9. The number of hydrogen-bond donors (Lipinski definition) is 0. The zero-order chi connectivity index (χ0) is 22.4. The number of nitrogens with zero attached hydrogens (tertiary/aromatic N) is 3. The van der Waals surface area contributed by atoms with Crippen LogP contribution in [0.1, 0.15) is 19.7 Å². The van der Waals surface area contributed by atoms with Crippen molar-refractivity contribution in [3.05, 3.63) is 78.9 Å². The Morgan fingerprint density at radius 2 is 1.96 bits per heavy atom. The number of aromatic nitrogens is 3. The molecule has 0 amide bonds. The molecule has 0 N–H and O–H groups in total. The maximum Gasteiger partial charge on any atom is 0.278 e. The van der Waals surface area contributed by atoms with Crippen LogP contribution in [0.4, 0.5) is 13.2 Å². The number of pyridine rings is 3. The molecule has 0 saturated carbocycles. The third kappa shape index (κ3) is 3.77. The van der Waals surface area contributed by atoms with Crippen LogP contribution in [0.2, 0.25) is 5.02 Å². The standard InChI is InChI=1S/C18H12BrClF3N3O2/c1-8-5-25-17(19)15(23)16(8)26-9(2)3-13(14(20)18(26)27)28-7-12-11(22)4-10(21)6-24-12/h3-6H,7H2,1-2H3/i7D2. The Morgan fingerprint density at radius 1 is 1.25 bits per heavy atom. The highest BCUT2D eigenvalue weighted by molar-refractivity contribution is 9.10. The van der Waals surface area contributed by atoms with Crippen molar-refractivity contribution in [2.24, 2.45) is 0 Å². The third-order valence-electron chi connectivity index (χ3n) is 3.72. The van der Waals surface area contributed by atoms with Crippen LogP contribution >= 0.6 is 27.5 Å². The molecule has 0 radical (unpaired) electrons. The van der Waals surface area contributed by atoms with E-state index in [0.29, 0.717) is 17.8 Å². The molecule has 3 aromatic rings. The van der Waals surface area contributed by atoms with Crippen LogP contribution in [0.5, 0.6) is 5.75 Å². The summed E-state index contributed by atoms with van der Waals surface area (Å²) in [7, 11) is 0. The highest BCUT2D eigenvalue weighted by Crippen LogP contribution is 2.28. The molecule has 0 aliphatic heterocycles. The molecular formula is C18H12BrClF3N3O2. The molecule has 5 nitrogen and oxygen atoms in total. The molecule has 0 bridgehead atoms. The Morgan fingerprint density at radius 3 is 2.64 bits per heavy atom. The van der Waals surface area contributed by atoms with Gasteiger partial charge in [0.05, 0.1) is 14.6 Å². The highest BCUT2D eigenvalue weighted by atomic mass is 79.9. The molecule has 0 unspecified atom stereocenters. The minimum atomic E-state index is -2.88. The summed E-state index contributed by atoms with van der Waals surface area (Å²) in [4.78, 5) is 20.0. The zero-order valence-electron chi connectivity index (χ0n) is 16.4. The van der Waals surface area contributed by atoms with E-state index >= 15 is 0 Å². The van der Waals surface area contributed by atoms with E-state index in [9.17, 15) is 18.0 Å². The van der Waals surface area contributed by atoms with Gasteiger partial charge in [-0.3, -0.25) is 14.3 Å².